The number of imidazole rings is 1. The van der Waals surface area contributed by atoms with Gasteiger partial charge in [-0.2, -0.15) is 10.1 Å². The molecule has 1 atom stereocenters. The molecular weight excluding hydrogens is 459 g/mol. The number of rotatable bonds is 4. The number of carboxylic acid groups (broad SMARTS) is 1. The molecule has 12 nitrogen and oxygen atoms in total. The van der Waals surface area contributed by atoms with Gasteiger partial charge in [-0.25, -0.2) is 14.2 Å². The molecule has 5 heterocycles. The van der Waals surface area contributed by atoms with Crippen molar-refractivity contribution in [2.45, 2.75) is 37.9 Å². The summed E-state index contributed by atoms with van der Waals surface area (Å²) in [6.07, 6.45) is 6.32. The van der Waals surface area contributed by atoms with Crippen LogP contribution in [0.3, 0.4) is 0 Å². The fraction of sp³-hybridized carbons (Fsp3) is 0.545. The average molecular weight is 491 g/mol. The van der Waals surface area contributed by atoms with Gasteiger partial charge in [-0.3, -0.25) is 9.50 Å². The first-order valence-corrected chi connectivity index (χ1v) is 11.6. The monoisotopic (exact) mass is 490 g/mol. The summed E-state index contributed by atoms with van der Waals surface area (Å²) in [6.45, 7) is 5.97. The number of nitrogens with one attached hydrogen (secondary N) is 3. The van der Waals surface area contributed by atoms with Gasteiger partial charge in [-0.1, -0.05) is 0 Å². The molecule has 0 spiro atoms. The fourth-order valence-electron chi connectivity index (χ4n) is 3.48. The number of halogens is 1. The van der Waals surface area contributed by atoms with Crippen LogP contribution in [0.25, 0.3) is 5.65 Å². The second kappa shape index (κ2) is 11.3. The van der Waals surface area contributed by atoms with Gasteiger partial charge in [0.2, 0.25) is 5.95 Å². The van der Waals surface area contributed by atoms with Crippen molar-refractivity contribution in [2.24, 2.45) is 0 Å². The number of morpholine rings is 1. The lowest BCUT2D eigenvalue weighted by Crippen LogP contribution is -2.36. The second-order valence-corrected chi connectivity index (χ2v) is 8.74. The number of nitrogens with zero attached hydrogens (tertiary/aromatic N) is 5. The number of fused-ring (bicyclic) bond motifs is 1. The van der Waals surface area contributed by atoms with Gasteiger partial charge in [0.25, 0.3) is 0 Å². The Morgan fingerprint density at radius 1 is 1.26 bits per heavy atom. The van der Waals surface area contributed by atoms with Gasteiger partial charge in [0.05, 0.1) is 26.0 Å². The van der Waals surface area contributed by atoms with Crippen LogP contribution in [0.15, 0.2) is 30.7 Å². The Hall–Kier alpha value is -3.45. The summed E-state index contributed by atoms with van der Waals surface area (Å²) in [5.41, 5.74) is 0.778. The van der Waals surface area contributed by atoms with Crippen LogP contribution in [-0.4, -0.2) is 87.0 Å². The summed E-state index contributed by atoms with van der Waals surface area (Å²) in [4.78, 5) is 21.2. The zero-order valence-electron chi connectivity index (χ0n) is 19.6. The molecule has 190 valence electrons. The quantitative estimate of drug-likeness (QED) is 0.434. The minimum atomic E-state index is -0.912. The van der Waals surface area contributed by atoms with E-state index in [9.17, 15) is 9.18 Å². The maximum absolute atomic E-state index is 11.8. The van der Waals surface area contributed by atoms with Gasteiger partial charge in [0.15, 0.2) is 0 Å². The molecule has 1 aliphatic carbocycles. The van der Waals surface area contributed by atoms with Gasteiger partial charge in [0.1, 0.15) is 23.5 Å². The third-order valence-corrected chi connectivity index (χ3v) is 5.74. The van der Waals surface area contributed by atoms with Gasteiger partial charge >= 0.3 is 6.09 Å². The van der Waals surface area contributed by atoms with Crippen LogP contribution in [-0.2, 0) is 9.47 Å². The van der Waals surface area contributed by atoms with Crippen molar-refractivity contribution >= 4 is 29.3 Å². The Kier molecular flexibility index (Phi) is 7.98. The highest BCUT2D eigenvalue weighted by molar-refractivity contribution is 5.66. The molecule has 2 saturated heterocycles. The van der Waals surface area contributed by atoms with Gasteiger partial charge in [-0.05, 0) is 19.8 Å². The molecule has 13 heteroatoms. The number of hydrogen-bond acceptors (Lipinski definition) is 8. The normalized spacial score (nSPS) is 20.3. The summed E-state index contributed by atoms with van der Waals surface area (Å²) in [5, 5.41) is 20.6. The van der Waals surface area contributed by atoms with Crippen molar-refractivity contribution < 1.29 is 23.8 Å². The number of alkyl halides is 1. The van der Waals surface area contributed by atoms with Crippen molar-refractivity contribution in [1.82, 2.24) is 29.9 Å². The first-order valence-electron chi connectivity index (χ1n) is 11.6. The lowest BCUT2D eigenvalue weighted by Gasteiger charge is -2.28. The summed E-state index contributed by atoms with van der Waals surface area (Å²) >= 11 is 0. The van der Waals surface area contributed by atoms with Gasteiger partial charge in [0, 0.05) is 56.2 Å². The third-order valence-electron chi connectivity index (χ3n) is 5.74. The number of anilines is 3. The van der Waals surface area contributed by atoms with Crippen molar-refractivity contribution in [1.29, 1.82) is 0 Å². The van der Waals surface area contributed by atoms with Crippen LogP contribution in [0.2, 0.25) is 0 Å². The summed E-state index contributed by atoms with van der Waals surface area (Å²) in [7, 11) is 0. The van der Waals surface area contributed by atoms with E-state index < -0.39 is 12.3 Å². The van der Waals surface area contributed by atoms with Crippen LogP contribution < -0.4 is 15.5 Å². The van der Waals surface area contributed by atoms with E-state index in [-0.39, 0.29) is 5.54 Å². The molecule has 0 bridgehead atoms. The van der Waals surface area contributed by atoms with Crippen LogP contribution in [0.5, 0.6) is 0 Å². The molecule has 35 heavy (non-hydrogen) atoms. The molecule has 2 aliphatic heterocycles. The molecule has 4 N–H and O–H groups in total. The summed E-state index contributed by atoms with van der Waals surface area (Å²) in [5.74, 6) is 2.39. The Morgan fingerprint density at radius 3 is 2.60 bits per heavy atom. The lowest BCUT2D eigenvalue weighted by molar-refractivity contribution is 0.122. The Balaban J connectivity index is 0.000000169. The number of aromatic amines is 1. The highest BCUT2D eigenvalue weighted by Gasteiger charge is 2.38. The minimum Gasteiger partial charge on any atom is -0.465 e. The predicted molar refractivity (Wildman–Crippen MR) is 127 cm³/mol. The molecule has 0 aromatic carbocycles. The minimum absolute atomic E-state index is 0.0775. The van der Waals surface area contributed by atoms with Gasteiger partial charge in [-0.15, -0.1) is 0 Å². The molecule has 3 aromatic rings. The Labute approximate surface area is 201 Å². The van der Waals surface area contributed by atoms with E-state index in [0.29, 0.717) is 25.6 Å². The molecule has 1 saturated carbocycles. The number of ether oxygens (including phenoxy) is 2. The molecule has 3 aliphatic rings. The first kappa shape index (κ1) is 24.7. The zero-order chi connectivity index (χ0) is 24.7. The van der Waals surface area contributed by atoms with Crippen LogP contribution in [0.1, 0.15) is 26.2 Å². The highest BCUT2D eigenvalue weighted by Crippen LogP contribution is 2.33. The van der Waals surface area contributed by atoms with E-state index in [4.69, 9.17) is 14.8 Å². The number of amides is 1. The Bertz CT molecular complexity index is 1080. The van der Waals surface area contributed by atoms with Gasteiger partial charge < -0.3 is 30.1 Å². The molecular formula is C22H31FN8O4. The second-order valence-electron chi connectivity index (χ2n) is 8.74. The predicted octanol–water partition coefficient (Wildman–Crippen LogP) is 2.58. The Morgan fingerprint density at radius 2 is 2.06 bits per heavy atom. The number of H-pyrrole nitrogens is 1. The fourth-order valence-corrected chi connectivity index (χ4v) is 3.48. The molecule has 3 fully saturated rings. The van der Waals surface area contributed by atoms with E-state index in [1.807, 2.05) is 29.7 Å². The standard InChI is InChI=1S/C13H15N7O.C5H9NO2.C4H7FO/c1-2-15-18-10(1)16-13-17-12(19-5-7-21-8-6-19)9-11-14-3-4-20(11)13;1-5(2-3-5)6-4(7)8;5-4-1-2-6-3-4/h1-4,9H,5-8H2,(H2,15,16,17,18);6H,2-3H2,1H3,(H,7,8);4H,1-3H2. The smallest absolute Gasteiger partial charge is 0.405 e. The lowest BCUT2D eigenvalue weighted by atomic mass is 10.3. The average Bonchev–Trinajstić information content (AvgIpc) is 3.33. The first-order chi connectivity index (χ1) is 16.9. The maximum atomic E-state index is 11.8. The molecule has 1 amide bonds. The highest BCUT2D eigenvalue weighted by atomic mass is 19.1. The number of hydrogen-bond donors (Lipinski definition) is 4. The number of aromatic nitrogens is 5. The molecule has 1 unspecified atom stereocenters. The van der Waals surface area contributed by atoms with E-state index in [1.54, 1.807) is 12.4 Å². The van der Waals surface area contributed by atoms with Crippen LogP contribution in [0, 0.1) is 0 Å². The van der Waals surface area contributed by atoms with Crippen molar-refractivity contribution in [3.63, 3.8) is 0 Å². The summed E-state index contributed by atoms with van der Waals surface area (Å²) < 4.78 is 23.8. The van der Waals surface area contributed by atoms with E-state index >= 15 is 0 Å². The summed E-state index contributed by atoms with van der Waals surface area (Å²) in [6, 6.07) is 3.84. The SMILES string of the molecule is CC1(NC(=O)O)CC1.FC1CCOC1.c1cc(Nc2nc(N3CCOCC3)cc3nccn23)[nH]n1. The zero-order valence-corrected chi connectivity index (χ0v) is 19.6. The van der Waals surface area contributed by atoms with E-state index in [1.165, 1.54) is 0 Å². The maximum Gasteiger partial charge on any atom is 0.405 e. The number of carbonyl (C=O) groups is 1. The largest absolute Gasteiger partial charge is 0.465 e. The molecule has 0 radical (unpaired) electrons. The van der Waals surface area contributed by atoms with Crippen molar-refractivity contribution in [3.05, 3.63) is 30.7 Å². The van der Waals surface area contributed by atoms with Crippen molar-refractivity contribution in [2.75, 3.05) is 49.7 Å². The molecule has 3 aromatic heterocycles. The van der Waals surface area contributed by atoms with Crippen LogP contribution in [0.4, 0.5) is 26.8 Å². The van der Waals surface area contributed by atoms with Crippen molar-refractivity contribution in [3.8, 4) is 0 Å². The van der Waals surface area contributed by atoms with E-state index in [2.05, 4.69) is 35.5 Å². The van der Waals surface area contributed by atoms with Crippen LogP contribution >= 0.6 is 0 Å². The van der Waals surface area contributed by atoms with E-state index in [0.717, 1.165) is 56.4 Å². The topological polar surface area (TPSA) is 142 Å². The third kappa shape index (κ3) is 7.26. The molecule has 6 rings (SSSR count).